The Morgan fingerprint density at radius 1 is 0.464 bits per heavy atom. The molecule has 2 aromatic heterocycles. The van der Waals surface area contributed by atoms with Crippen molar-refractivity contribution in [3.8, 4) is 11.5 Å². The number of phenolic OH excluding ortho intramolecular Hbond substituents is 2. The van der Waals surface area contributed by atoms with Crippen LogP contribution in [0.1, 0.15) is 0 Å². The third-order valence-corrected chi connectivity index (χ3v) is 18.8. The van der Waals surface area contributed by atoms with E-state index in [1.54, 1.807) is 4.90 Å². The van der Waals surface area contributed by atoms with Crippen molar-refractivity contribution in [1.82, 2.24) is 34.8 Å². The predicted molar refractivity (Wildman–Crippen MR) is 311 cm³/mol. The Morgan fingerprint density at radius 2 is 1.00 bits per heavy atom. The Bertz CT molecular complexity index is 5360. The fourth-order valence-corrected chi connectivity index (χ4v) is 13.5. The molecule has 1 saturated heterocycles. The van der Waals surface area contributed by atoms with Crippen molar-refractivity contribution in [2.24, 2.45) is 20.5 Å². The van der Waals surface area contributed by atoms with Crippen LogP contribution in [0.2, 0.25) is 10.6 Å². The Kier molecular flexibility index (Phi) is 30.7. The number of anilines is 6. The van der Waals surface area contributed by atoms with E-state index < -0.39 is 163 Å². The van der Waals surface area contributed by atoms with Gasteiger partial charge in [-0.3, -0.25) is 4.90 Å². The molecule has 97 heavy (non-hydrogen) atoms. The van der Waals surface area contributed by atoms with E-state index in [0.29, 0.717) is 50.9 Å². The number of benzene rings is 7. The summed E-state index contributed by atoms with van der Waals surface area (Å²) in [4.78, 5) is 22.5. The molecule has 0 atom stereocenters. The molecule has 0 unspecified atom stereocenters. The monoisotopic (exact) mass is 1540 g/mol. The van der Waals surface area contributed by atoms with Gasteiger partial charge >= 0.3 is 177 Å². The molecule has 10 rings (SSSR count). The number of nitrogens with zero attached hydrogens (tertiary/aromatic N) is 12. The topological polar surface area (TPSA) is 553 Å². The third kappa shape index (κ3) is 20.6. The first-order valence-electron chi connectivity index (χ1n) is 25.0. The van der Waals surface area contributed by atoms with Crippen molar-refractivity contribution in [2.75, 3.05) is 60.1 Å². The van der Waals surface area contributed by atoms with Crippen molar-refractivity contribution >= 4 is 174 Å². The average molecular weight is 1540 g/mol. The summed E-state index contributed by atoms with van der Waals surface area (Å²) >= 11 is 12.6. The van der Waals surface area contributed by atoms with Crippen molar-refractivity contribution in [3.63, 3.8) is 0 Å². The number of hydrogen-bond donors (Lipinski definition) is 5. The summed E-state index contributed by atoms with van der Waals surface area (Å²) < 4.78 is 221. The molecule has 0 aliphatic carbocycles. The van der Waals surface area contributed by atoms with Crippen molar-refractivity contribution in [3.05, 3.63) is 108 Å². The van der Waals surface area contributed by atoms with Gasteiger partial charge in [0.2, 0.25) is 34.4 Å². The van der Waals surface area contributed by atoms with Gasteiger partial charge in [-0.1, -0.05) is 30.3 Å². The van der Waals surface area contributed by atoms with Crippen molar-refractivity contribution < 1.29 is 265 Å². The molecule has 1 fully saturated rings. The Morgan fingerprint density at radius 3 is 1.60 bits per heavy atom. The molecular weight excluding hydrogens is 1510 g/mol. The number of aromatic hydroxyl groups is 2. The summed E-state index contributed by atoms with van der Waals surface area (Å²) in [7, 11) is -32.4. The molecule has 476 valence electrons. The quantitative estimate of drug-likeness (QED) is 0.0285. The van der Waals surface area contributed by atoms with Crippen LogP contribution in [0.25, 0.3) is 32.3 Å². The molecule has 0 radical (unpaired) electrons. The molecule has 0 saturated carbocycles. The zero-order valence-corrected chi connectivity index (χ0v) is 69.2. The summed E-state index contributed by atoms with van der Waals surface area (Å²) in [5.41, 5.74) is -3.78. The van der Waals surface area contributed by atoms with E-state index in [0.717, 1.165) is 48.5 Å². The van der Waals surface area contributed by atoms with E-state index in [1.807, 2.05) is 4.90 Å². The summed E-state index contributed by atoms with van der Waals surface area (Å²) in [5.74, 6) is -2.68. The van der Waals surface area contributed by atoms with E-state index in [2.05, 4.69) is 66.3 Å². The molecule has 1 aliphatic heterocycles. The van der Waals surface area contributed by atoms with Crippen LogP contribution in [0.15, 0.2) is 147 Å². The maximum atomic E-state index is 12.6. The predicted octanol–water partition coefficient (Wildman–Crippen LogP) is -12.8. The summed E-state index contributed by atoms with van der Waals surface area (Å²) in [6, 6.07) is 15.6. The van der Waals surface area contributed by atoms with Crippen LogP contribution in [0, 0.1) is 0 Å². The second-order valence-corrected chi connectivity index (χ2v) is 27.8. The smallest absolute Gasteiger partial charge is 0.744 e. The van der Waals surface area contributed by atoms with Gasteiger partial charge in [-0.05, 0) is 101 Å². The fraction of sp³-hybridized carbons (Fsp3) is 0.125. The van der Waals surface area contributed by atoms with Gasteiger partial charge < -0.3 is 58.4 Å². The number of aromatic nitrogens is 6. The van der Waals surface area contributed by atoms with Gasteiger partial charge in [-0.25, -0.2) is 50.5 Å². The second-order valence-electron chi connectivity index (χ2n) is 19.0. The van der Waals surface area contributed by atoms with Gasteiger partial charge in [0, 0.05) is 66.5 Å². The number of fused-ring (bicyclic) bond motifs is 3. The first-order chi connectivity index (χ1) is 42.5. The number of piperazine rings is 1. The van der Waals surface area contributed by atoms with Crippen molar-refractivity contribution in [2.45, 2.75) is 29.4 Å². The molecule has 0 amide bonds. The number of azo groups is 2. The molecule has 0 spiro atoms. The van der Waals surface area contributed by atoms with Crippen molar-refractivity contribution in [1.29, 1.82) is 0 Å². The Labute approximate surface area is 693 Å². The van der Waals surface area contributed by atoms with Gasteiger partial charge in [0.25, 0.3) is 0 Å². The summed E-state index contributed by atoms with van der Waals surface area (Å²) in [6.07, 6.45) is 0. The first kappa shape index (κ1) is 86.7. The van der Waals surface area contributed by atoms with E-state index in [1.165, 1.54) is 30.3 Å². The van der Waals surface area contributed by atoms with E-state index >= 15 is 0 Å². The minimum Gasteiger partial charge on any atom is -0.744 e. The van der Waals surface area contributed by atoms with E-state index in [4.69, 9.17) is 23.2 Å². The van der Waals surface area contributed by atoms with Gasteiger partial charge in [0.05, 0.1) is 35.1 Å². The molecule has 7 aromatic carbocycles. The summed E-state index contributed by atoms with van der Waals surface area (Å²) in [6.45, 7) is 1.97. The van der Waals surface area contributed by atoms with Crippen LogP contribution in [0.3, 0.4) is 0 Å². The molecule has 5 N–H and O–H groups in total. The number of hydrogen-bond acceptors (Lipinski definition) is 35. The average Bonchev–Trinajstić information content (AvgIpc) is 0.760. The Hall–Kier alpha value is -2.66. The summed E-state index contributed by atoms with van der Waals surface area (Å²) in [5, 5.41) is 42.9. The van der Waals surface area contributed by atoms with Crippen LogP contribution in [-0.4, -0.2) is 162 Å². The zero-order valence-electron chi connectivity index (χ0n) is 50.8. The van der Waals surface area contributed by atoms with Crippen LogP contribution in [0.4, 0.5) is 57.9 Å². The molecule has 0 bridgehead atoms. The fourth-order valence-electron chi connectivity index (χ4n) is 9.28. The van der Waals surface area contributed by atoms with E-state index in [9.17, 15) is 88.0 Å². The number of rotatable bonds is 19. The molecule has 1 aliphatic rings. The standard InChI is InChI=1S/C48H39Cl2N15O20S6.6Na/c49-43-54-45(58-47(55-43)53-32-22-26(86(68,69)70)19-24-21-36(90(80,81)82)39(41(67)37(24)32)63-60-30-5-1-2-6-34(30)88(74,75)76)51-12-13-64-14-16-65(17-15-64)48-57-44(50)56-46(59-48)52-25-8-9-27-23(18-25)20-35(89(77,78)79)38(40(27)66)62-61-31-11-10-28-29(42(31)91(83,84)85)4-3-7-33(28)87(71,72)73;;;;;;/h1-11,18-22,66-67H,12-17H2,(H,68,69,70)(H,71,72,73)(H,74,75,76)(H,77,78,79)(H,80,81,82)(H,83,84,85)(H,52,56,57,59)(H2,51,53,54,55,58);;;;;;/q;6*+1/p-6. The van der Waals surface area contributed by atoms with Crippen LogP contribution >= 0.6 is 23.2 Å². The minimum atomic E-state index is -5.62. The van der Waals surface area contributed by atoms with E-state index in [-0.39, 0.29) is 223 Å². The van der Waals surface area contributed by atoms with Crippen LogP contribution in [-0.2, 0) is 60.7 Å². The molecule has 35 nitrogen and oxygen atoms in total. The molecule has 9 aromatic rings. The van der Waals surface area contributed by atoms with Gasteiger partial charge in [-0.15, -0.1) is 20.5 Å². The molecular formula is C48H33Cl2N15Na6O20S6. The van der Waals surface area contributed by atoms with Crippen LogP contribution < -0.4 is 198 Å². The molecule has 3 heterocycles. The number of phenols is 2. The minimum absolute atomic E-state index is 0. The van der Waals surface area contributed by atoms with Crippen LogP contribution in [0.5, 0.6) is 11.5 Å². The molecule has 49 heteroatoms. The van der Waals surface area contributed by atoms with Gasteiger partial charge in [0.1, 0.15) is 83.5 Å². The number of halogens is 2. The largest absolute Gasteiger partial charge is 1.00 e. The number of nitrogens with one attached hydrogen (secondary N) is 3. The van der Waals surface area contributed by atoms with Gasteiger partial charge in [0.15, 0.2) is 11.5 Å². The SMILES string of the molecule is O=S(=O)([O-])c1cc(Nc2nc(Cl)nc(NCCN3CCN(c4nc(Cl)nc(Nc5ccc6c(O)c(N=Nc7ccc8c(S(=O)(=O)[O-])cccc8c7S(=O)(=O)[O-])c(S(=O)(=O)[O-])cc6c5)n4)CC3)n2)c2c(O)c(N=Nc3ccccc3S(=O)(=O)[O-])c(S(=O)(=O)[O-])cc2c1.[Na+].[Na+].[Na+].[Na+].[Na+].[Na+]. The second kappa shape index (κ2) is 34.3. The maximum Gasteiger partial charge on any atom is 1.00 e. The first-order valence-corrected chi connectivity index (χ1v) is 34.2. The zero-order chi connectivity index (χ0) is 65.9. The Balaban J connectivity index is 0.00000333. The van der Waals surface area contributed by atoms with Gasteiger partial charge in [-0.2, -0.15) is 29.9 Å². The maximum absolute atomic E-state index is 12.6. The normalized spacial score (nSPS) is 13.2. The third-order valence-electron chi connectivity index (χ3n) is 13.2.